The molecule has 0 amide bonds. The predicted octanol–water partition coefficient (Wildman–Crippen LogP) is 4.58. The van der Waals surface area contributed by atoms with E-state index in [0.717, 1.165) is 63.6 Å². The highest BCUT2D eigenvalue weighted by Crippen LogP contribution is 2.30. The zero-order valence-electron chi connectivity index (χ0n) is 17.6. The van der Waals surface area contributed by atoms with E-state index in [-0.39, 0.29) is 0 Å². The number of aromatic nitrogens is 5. The number of benzene rings is 2. The molecular formula is C24H24N6O. The number of fused-ring (bicyclic) bond motifs is 2. The molecule has 0 saturated heterocycles. The van der Waals surface area contributed by atoms with Gasteiger partial charge in [-0.2, -0.15) is 5.10 Å². The van der Waals surface area contributed by atoms with Gasteiger partial charge in [-0.1, -0.05) is 6.07 Å². The third-order valence-corrected chi connectivity index (χ3v) is 5.41. The van der Waals surface area contributed by atoms with Crippen LogP contribution >= 0.6 is 0 Å². The van der Waals surface area contributed by atoms with Crippen molar-refractivity contribution in [3.8, 4) is 17.3 Å². The number of pyridine rings is 1. The first-order valence-electron chi connectivity index (χ1n) is 10.4. The van der Waals surface area contributed by atoms with Gasteiger partial charge in [0.05, 0.1) is 23.2 Å². The van der Waals surface area contributed by atoms with Crippen LogP contribution < -0.4 is 9.64 Å². The molecule has 2 aromatic carbocycles. The second-order valence-corrected chi connectivity index (χ2v) is 7.49. The van der Waals surface area contributed by atoms with Crippen molar-refractivity contribution < 1.29 is 4.74 Å². The van der Waals surface area contributed by atoms with Gasteiger partial charge in [0.2, 0.25) is 0 Å². The number of hydrogen-bond acceptors (Lipinski definition) is 5. The van der Waals surface area contributed by atoms with E-state index in [1.165, 1.54) is 0 Å². The van der Waals surface area contributed by atoms with Gasteiger partial charge in [0.1, 0.15) is 11.4 Å². The number of imidazole rings is 1. The maximum Gasteiger partial charge on any atom is 0.159 e. The number of nitrogens with one attached hydrogen (secondary N) is 2. The Bertz CT molecular complexity index is 1320. The molecule has 7 heteroatoms. The summed E-state index contributed by atoms with van der Waals surface area (Å²) in [7, 11) is 2.10. The fourth-order valence-electron chi connectivity index (χ4n) is 3.73. The molecule has 2 N–H and O–H groups in total. The van der Waals surface area contributed by atoms with Crippen LogP contribution in [0.4, 0.5) is 5.69 Å². The maximum atomic E-state index is 5.65. The van der Waals surface area contributed by atoms with Gasteiger partial charge in [-0.15, -0.1) is 0 Å². The number of rotatable bonds is 7. The van der Waals surface area contributed by atoms with Crippen molar-refractivity contribution in [1.82, 2.24) is 25.1 Å². The minimum atomic E-state index is 0.625. The monoisotopic (exact) mass is 412 g/mol. The number of hydrogen-bond donors (Lipinski definition) is 2. The Morgan fingerprint density at radius 2 is 1.97 bits per heavy atom. The highest BCUT2D eigenvalue weighted by Gasteiger charge is 2.14. The van der Waals surface area contributed by atoms with Crippen LogP contribution in [0.1, 0.15) is 12.6 Å². The van der Waals surface area contributed by atoms with E-state index >= 15 is 0 Å². The van der Waals surface area contributed by atoms with Crippen LogP contribution in [0.15, 0.2) is 60.8 Å². The van der Waals surface area contributed by atoms with E-state index in [4.69, 9.17) is 9.72 Å². The van der Waals surface area contributed by atoms with E-state index in [9.17, 15) is 0 Å². The molecule has 0 atom stereocenters. The van der Waals surface area contributed by atoms with Gasteiger partial charge in [-0.3, -0.25) is 10.1 Å². The van der Waals surface area contributed by atoms with Crippen LogP contribution in [0, 0.1) is 0 Å². The SMILES string of the molecule is CCOc1ccc2[nH]nc(-c3nc4ccc(N(C)CCc5ccccn5)cc4[nH]3)c2c1. The molecule has 0 fully saturated rings. The minimum Gasteiger partial charge on any atom is -0.494 e. The summed E-state index contributed by atoms with van der Waals surface area (Å²) in [6, 6.07) is 18.2. The van der Waals surface area contributed by atoms with Crippen LogP contribution in [0.2, 0.25) is 0 Å². The lowest BCUT2D eigenvalue weighted by molar-refractivity contribution is 0.341. The van der Waals surface area contributed by atoms with Gasteiger partial charge in [0, 0.05) is 43.0 Å². The Morgan fingerprint density at radius 1 is 1.03 bits per heavy atom. The number of ether oxygens (including phenoxy) is 1. The number of anilines is 1. The largest absolute Gasteiger partial charge is 0.494 e. The van der Waals surface area contributed by atoms with Gasteiger partial charge in [0.25, 0.3) is 0 Å². The van der Waals surface area contributed by atoms with Gasteiger partial charge < -0.3 is 14.6 Å². The third-order valence-electron chi connectivity index (χ3n) is 5.41. The lowest BCUT2D eigenvalue weighted by atomic mass is 10.2. The standard InChI is InChI=1S/C24H24N6O/c1-3-31-18-8-10-20-19(15-18)23(29-28-20)24-26-21-9-7-17(14-22(21)27-24)30(2)13-11-16-6-4-5-12-25-16/h4-10,12,14-15H,3,11,13H2,1-2H3,(H,26,27)(H,28,29). The smallest absolute Gasteiger partial charge is 0.159 e. The Morgan fingerprint density at radius 3 is 2.81 bits per heavy atom. The first-order valence-corrected chi connectivity index (χ1v) is 10.4. The van der Waals surface area contributed by atoms with Crippen LogP contribution in [-0.2, 0) is 6.42 Å². The van der Waals surface area contributed by atoms with E-state index in [1.807, 2.05) is 49.5 Å². The van der Waals surface area contributed by atoms with Crippen molar-refractivity contribution in [2.75, 3.05) is 25.1 Å². The van der Waals surface area contributed by atoms with Gasteiger partial charge in [-0.05, 0) is 55.5 Å². The molecule has 0 aliphatic heterocycles. The highest BCUT2D eigenvalue weighted by molar-refractivity contribution is 5.94. The summed E-state index contributed by atoms with van der Waals surface area (Å²) in [4.78, 5) is 14.8. The molecule has 0 saturated carbocycles. The first kappa shape index (κ1) is 19.1. The van der Waals surface area contributed by atoms with Crippen LogP contribution in [-0.4, -0.2) is 45.3 Å². The van der Waals surface area contributed by atoms with Gasteiger partial charge in [0.15, 0.2) is 5.82 Å². The summed E-state index contributed by atoms with van der Waals surface area (Å²) in [6.45, 7) is 3.48. The number of H-pyrrole nitrogens is 2. The van der Waals surface area contributed by atoms with E-state index in [1.54, 1.807) is 0 Å². The molecule has 0 aliphatic carbocycles. The number of aromatic amines is 2. The highest BCUT2D eigenvalue weighted by atomic mass is 16.5. The third kappa shape index (κ3) is 3.82. The Kier molecular flexibility index (Phi) is 5.00. The molecule has 3 aromatic heterocycles. The summed E-state index contributed by atoms with van der Waals surface area (Å²) < 4.78 is 5.65. The molecule has 5 aromatic rings. The second-order valence-electron chi connectivity index (χ2n) is 7.49. The lowest BCUT2D eigenvalue weighted by Gasteiger charge is -2.19. The van der Waals surface area contributed by atoms with Crippen LogP contribution in [0.3, 0.4) is 0 Å². The molecule has 5 rings (SSSR count). The summed E-state index contributed by atoms with van der Waals surface area (Å²) in [5.41, 5.74) is 5.86. The van der Waals surface area contributed by atoms with Gasteiger partial charge >= 0.3 is 0 Å². The van der Waals surface area contributed by atoms with Crippen LogP contribution in [0.25, 0.3) is 33.5 Å². The summed E-state index contributed by atoms with van der Waals surface area (Å²) in [6.07, 6.45) is 2.73. The number of likely N-dealkylation sites (N-methyl/N-ethyl adjacent to an activating group) is 1. The Labute approximate surface area is 180 Å². The van der Waals surface area contributed by atoms with E-state index in [2.05, 4.69) is 50.3 Å². The van der Waals surface area contributed by atoms with E-state index in [0.29, 0.717) is 6.61 Å². The Hall–Kier alpha value is -3.87. The molecular weight excluding hydrogens is 388 g/mol. The fourth-order valence-corrected chi connectivity index (χ4v) is 3.73. The number of nitrogens with zero attached hydrogens (tertiary/aromatic N) is 4. The van der Waals surface area contributed by atoms with E-state index < -0.39 is 0 Å². The lowest BCUT2D eigenvalue weighted by Crippen LogP contribution is -2.20. The molecule has 0 aliphatic rings. The molecule has 0 spiro atoms. The first-order chi connectivity index (χ1) is 15.2. The average Bonchev–Trinajstić information content (AvgIpc) is 3.41. The fraction of sp³-hybridized carbons (Fsp3) is 0.208. The van der Waals surface area contributed by atoms with Crippen molar-refractivity contribution >= 4 is 27.6 Å². The molecule has 0 unspecified atom stereocenters. The van der Waals surface area contributed by atoms with Crippen molar-refractivity contribution in [3.63, 3.8) is 0 Å². The predicted molar refractivity (Wildman–Crippen MR) is 124 cm³/mol. The second kappa shape index (κ2) is 8.10. The molecule has 31 heavy (non-hydrogen) atoms. The minimum absolute atomic E-state index is 0.625. The molecule has 0 radical (unpaired) electrons. The van der Waals surface area contributed by atoms with Crippen LogP contribution in [0.5, 0.6) is 5.75 Å². The summed E-state index contributed by atoms with van der Waals surface area (Å²) in [5.74, 6) is 1.56. The molecule has 7 nitrogen and oxygen atoms in total. The zero-order valence-corrected chi connectivity index (χ0v) is 17.6. The average molecular weight is 412 g/mol. The molecule has 3 heterocycles. The zero-order chi connectivity index (χ0) is 21.2. The van der Waals surface area contributed by atoms with Crippen molar-refractivity contribution in [2.24, 2.45) is 0 Å². The van der Waals surface area contributed by atoms with Crippen molar-refractivity contribution in [3.05, 3.63) is 66.5 Å². The quantitative estimate of drug-likeness (QED) is 0.409. The maximum absolute atomic E-state index is 5.65. The molecule has 0 bridgehead atoms. The Balaban J connectivity index is 1.42. The summed E-state index contributed by atoms with van der Waals surface area (Å²) >= 11 is 0. The van der Waals surface area contributed by atoms with Gasteiger partial charge in [-0.25, -0.2) is 4.98 Å². The topological polar surface area (TPSA) is 82.7 Å². The summed E-state index contributed by atoms with van der Waals surface area (Å²) in [5, 5.41) is 8.56. The van der Waals surface area contributed by atoms with Crippen molar-refractivity contribution in [2.45, 2.75) is 13.3 Å². The molecule has 156 valence electrons. The normalized spacial score (nSPS) is 11.3. The van der Waals surface area contributed by atoms with Crippen molar-refractivity contribution in [1.29, 1.82) is 0 Å².